The molecular formula is C13H14FNO3. The van der Waals surface area contributed by atoms with Crippen LogP contribution >= 0.6 is 0 Å². The zero-order valence-electron chi connectivity index (χ0n) is 10.1. The lowest BCUT2D eigenvalue weighted by Crippen LogP contribution is -2.28. The Morgan fingerprint density at radius 2 is 1.83 bits per heavy atom. The van der Waals surface area contributed by atoms with E-state index in [0.717, 1.165) is 17.7 Å². The Labute approximate surface area is 104 Å². The van der Waals surface area contributed by atoms with Crippen LogP contribution in [-0.4, -0.2) is 28.9 Å². The number of carbonyl (C=O) groups excluding carboxylic acids is 1. The fourth-order valence-electron chi connectivity index (χ4n) is 1.42. The molecule has 0 radical (unpaired) electrons. The van der Waals surface area contributed by atoms with Crippen molar-refractivity contribution in [3.63, 3.8) is 0 Å². The summed E-state index contributed by atoms with van der Waals surface area (Å²) in [5.74, 6) is -1.94. The van der Waals surface area contributed by atoms with Crippen LogP contribution in [0.25, 0.3) is 0 Å². The predicted molar refractivity (Wildman–Crippen MR) is 64.4 cm³/mol. The molecule has 1 aromatic carbocycles. The van der Waals surface area contributed by atoms with E-state index in [-0.39, 0.29) is 11.9 Å². The number of halogens is 1. The van der Waals surface area contributed by atoms with Gasteiger partial charge in [0.2, 0.25) is 5.91 Å². The van der Waals surface area contributed by atoms with Gasteiger partial charge in [-0.3, -0.25) is 4.79 Å². The average molecular weight is 251 g/mol. The van der Waals surface area contributed by atoms with Gasteiger partial charge in [-0.15, -0.1) is 0 Å². The van der Waals surface area contributed by atoms with E-state index in [1.807, 2.05) is 0 Å². The molecule has 0 aliphatic carbocycles. The first-order valence-electron chi connectivity index (χ1n) is 5.35. The maximum atomic E-state index is 12.8. The fourth-order valence-corrected chi connectivity index (χ4v) is 1.42. The Morgan fingerprint density at radius 3 is 2.33 bits per heavy atom. The molecule has 0 heterocycles. The summed E-state index contributed by atoms with van der Waals surface area (Å²) in [5, 5.41) is 8.43. The lowest BCUT2D eigenvalue weighted by Gasteiger charge is -2.24. The van der Waals surface area contributed by atoms with Gasteiger partial charge in [0.25, 0.3) is 0 Å². The third kappa shape index (κ3) is 3.69. The number of carbonyl (C=O) groups is 2. The number of benzene rings is 1. The molecule has 1 N–H and O–H groups in total. The minimum Gasteiger partial charge on any atom is -0.478 e. The first kappa shape index (κ1) is 13.9. The van der Waals surface area contributed by atoms with Crippen LogP contribution in [0.2, 0.25) is 0 Å². The number of carboxylic acids is 1. The molecule has 0 aliphatic rings. The molecule has 1 rings (SSSR count). The molecule has 1 atom stereocenters. The average Bonchev–Trinajstić information content (AvgIpc) is 2.35. The predicted octanol–water partition coefficient (Wildman–Crippen LogP) is 1.99. The summed E-state index contributed by atoms with van der Waals surface area (Å²) in [4.78, 5) is 23.3. The summed E-state index contributed by atoms with van der Waals surface area (Å²) in [5.41, 5.74) is 0.774. The number of rotatable bonds is 4. The Hall–Kier alpha value is -2.17. The van der Waals surface area contributed by atoms with Crippen LogP contribution < -0.4 is 0 Å². The smallest absolute Gasteiger partial charge is 0.328 e. The van der Waals surface area contributed by atoms with Gasteiger partial charge >= 0.3 is 5.97 Å². The van der Waals surface area contributed by atoms with E-state index in [2.05, 4.69) is 0 Å². The Morgan fingerprint density at radius 1 is 1.28 bits per heavy atom. The number of likely N-dealkylation sites (N-methyl/N-ethyl adjacent to an activating group) is 1. The summed E-state index contributed by atoms with van der Waals surface area (Å²) >= 11 is 0. The largest absolute Gasteiger partial charge is 0.478 e. The van der Waals surface area contributed by atoms with Crippen molar-refractivity contribution in [3.05, 3.63) is 47.8 Å². The van der Waals surface area contributed by atoms with Crippen LogP contribution in [0.5, 0.6) is 0 Å². The van der Waals surface area contributed by atoms with Crippen molar-refractivity contribution >= 4 is 11.9 Å². The number of nitrogens with zero attached hydrogens (tertiary/aromatic N) is 1. The van der Waals surface area contributed by atoms with Crippen molar-refractivity contribution in [1.29, 1.82) is 0 Å². The number of hydrogen-bond acceptors (Lipinski definition) is 2. The molecule has 1 amide bonds. The molecule has 1 aromatic rings. The van der Waals surface area contributed by atoms with Crippen molar-refractivity contribution in [2.45, 2.75) is 13.0 Å². The number of aliphatic carboxylic acids is 1. The van der Waals surface area contributed by atoms with Crippen LogP contribution in [0.1, 0.15) is 18.5 Å². The third-order valence-corrected chi connectivity index (χ3v) is 2.65. The summed E-state index contributed by atoms with van der Waals surface area (Å²) in [6, 6.07) is 5.54. The second-order valence-corrected chi connectivity index (χ2v) is 3.85. The molecule has 0 saturated carbocycles. The number of amides is 1. The Kier molecular flexibility index (Phi) is 4.59. The molecule has 0 aliphatic heterocycles. The molecule has 0 fully saturated rings. The van der Waals surface area contributed by atoms with E-state index >= 15 is 0 Å². The van der Waals surface area contributed by atoms with Gasteiger partial charge in [-0.2, -0.15) is 0 Å². The molecule has 0 aromatic heterocycles. The number of carboxylic acid groups (broad SMARTS) is 1. The second kappa shape index (κ2) is 5.95. The van der Waals surface area contributed by atoms with Gasteiger partial charge in [0.15, 0.2) is 0 Å². The van der Waals surface area contributed by atoms with Crippen LogP contribution in [0.15, 0.2) is 36.4 Å². The lowest BCUT2D eigenvalue weighted by molar-refractivity contribution is -0.132. The van der Waals surface area contributed by atoms with Gasteiger partial charge in [0, 0.05) is 19.2 Å². The highest BCUT2D eigenvalue weighted by molar-refractivity contribution is 5.93. The third-order valence-electron chi connectivity index (χ3n) is 2.65. The van der Waals surface area contributed by atoms with Gasteiger partial charge < -0.3 is 10.0 Å². The van der Waals surface area contributed by atoms with E-state index in [1.54, 1.807) is 26.1 Å². The monoisotopic (exact) mass is 251 g/mol. The molecule has 4 nitrogen and oxygen atoms in total. The van der Waals surface area contributed by atoms with Gasteiger partial charge in [0.05, 0.1) is 6.04 Å². The normalized spacial score (nSPS) is 12.4. The zero-order chi connectivity index (χ0) is 13.7. The highest BCUT2D eigenvalue weighted by Gasteiger charge is 2.15. The molecule has 1 unspecified atom stereocenters. The summed E-state index contributed by atoms with van der Waals surface area (Å²) in [6.07, 6.45) is 1.78. The minimum absolute atomic E-state index is 0.267. The van der Waals surface area contributed by atoms with Crippen molar-refractivity contribution < 1.29 is 19.1 Å². The molecule has 5 heteroatoms. The summed E-state index contributed by atoms with van der Waals surface area (Å²) in [7, 11) is 1.56. The summed E-state index contributed by atoms with van der Waals surface area (Å²) < 4.78 is 12.8. The fraction of sp³-hybridized carbons (Fsp3) is 0.231. The molecule has 0 bridgehead atoms. The van der Waals surface area contributed by atoms with Gasteiger partial charge in [-0.25, -0.2) is 9.18 Å². The second-order valence-electron chi connectivity index (χ2n) is 3.85. The lowest BCUT2D eigenvalue weighted by atomic mass is 10.1. The van der Waals surface area contributed by atoms with Crippen molar-refractivity contribution in [1.82, 2.24) is 4.90 Å². The first-order valence-corrected chi connectivity index (χ1v) is 5.35. The maximum absolute atomic E-state index is 12.8. The molecule has 96 valence electrons. The van der Waals surface area contributed by atoms with E-state index in [1.165, 1.54) is 17.0 Å². The first-order chi connectivity index (χ1) is 8.41. The van der Waals surface area contributed by atoms with E-state index in [0.29, 0.717) is 0 Å². The molecule has 0 saturated heterocycles. The zero-order valence-corrected chi connectivity index (χ0v) is 10.1. The van der Waals surface area contributed by atoms with E-state index in [4.69, 9.17) is 5.11 Å². The molecular weight excluding hydrogens is 237 g/mol. The minimum atomic E-state index is -1.17. The standard InChI is InChI=1S/C13H14FNO3/c1-9(10-3-5-11(14)6-4-10)15(2)12(16)7-8-13(17)18/h3-9H,1-2H3,(H,17,18)/b8-7+. The molecule has 18 heavy (non-hydrogen) atoms. The quantitative estimate of drug-likeness (QED) is 0.832. The van der Waals surface area contributed by atoms with Gasteiger partial charge in [-0.1, -0.05) is 12.1 Å². The Bertz CT molecular complexity index is 468. The number of hydrogen-bond donors (Lipinski definition) is 1. The van der Waals surface area contributed by atoms with Crippen LogP contribution in [0.3, 0.4) is 0 Å². The van der Waals surface area contributed by atoms with Crippen LogP contribution in [0, 0.1) is 5.82 Å². The van der Waals surface area contributed by atoms with Crippen molar-refractivity contribution in [2.24, 2.45) is 0 Å². The molecule has 0 spiro atoms. The van der Waals surface area contributed by atoms with Gasteiger partial charge in [-0.05, 0) is 24.6 Å². The van der Waals surface area contributed by atoms with Crippen LogP contribution in [0.4, 0.5) is 4.39 Å². The van der Waals surface area contributed by atoms with Crippen molar-refractivity contribution in [3.8, 4) is 0 Å². The highest BCUT2D eigenvalue weighted by Crippen LogP contribution is 2.19. The SMILES string of the molecule is CC(c1ccc(F)cc1)N(C)C(=O)/C=C/C(=O)O. The van der Waals surface area contributed by atoms with E-state index < -0.39 is 11.9 Å². The van der Waals surface area contributed by atoms with Gasteiger partial charge in [0.1, 0.15) is 5.82 Å². The summed E-state index contributed by atoms with van der Waals surface area (Å²) in [6.45, 7) is 1.78. The highest BCUT2D eigenvalue weighted by atomic mass is 19.1. The maximum Gasteiger partial charge on any atom is 0.328 e. The van der Waals surface area contributed by atoms with E-state index in [9.17, 15) is 14.0 Å². The van der Waals surface area contributed by atoms with Crippen molar-refractivity contribution in [2.75, 3.05) is 7.05 Å². The topological polar surface area (TPSA) is 57.6 Å². The Balaban J connectivity index is 2.77. The van der Waals surface area contributed by atoms with Crippen LogP contribution in [-0.2, 0) is 9.59 Å².